The van der Waals surface area contributed by atoms with E-state index in [1.165, 1.54) is 11.1 Å². The molecule has 9 heteroatoms. The van der Waals surface area contributed by atoms with Crippen LogP contribution in [0.1, 0.15) is 19.4 Å². The number of aromatic nitrogens is 2. The third-order valence-corrected chi connectivity index (χ3v) is 5.34. The number of carbonyl (C=O) groups excluding carboxylic acids is 1. The quantitative estimate of drug-likeness (QED) is 0.542. The van der Waals surface area contributed by atoms with Gasteiger partial charge in [0.1, 0.15) is 5.75 Å². The number of methoxy groups -OCH3 is 1. The van der Waals surface area contributed by atoms with Crippen LogP contribution < -0.4 is 9.64 Å². The SMILES string of the molecule is COc1ccccc1CCN1CC(=O)N(c2cnn(CC(C(C)=N)C(C)=N)c2)C1O. The molecule has 0 aliphatic carbocycles. The lowest BCUT2D eigenvalue weighted by molar-refractivity contribution is -0.116. The second kappa shape index (κ2) is 9.19. The number of hydrogen-bond acceptors (Lipinski definition) is 7. The minimum atomic E-state index is -1.07. The van der Waals surface area contributed by atoms with Crippen molar-refractivity contribution in [2.75, 3.05) is 25.1 Å². The number of nitrogens with zero attached hydrogens (tertiary/aromatic N) is 4. The topological polar surface area (TPSA) is 119 Å². The Bertz CT molecular complexity index is 926. The standard InChI is InChI=1S/C21H28N6O3/c1-14(22)18(15(2)23)12-26-11-17(10-24-26)27-20(28)13-25(21(27)29)9-8-16-6-4-5-7-19(16)30-3/h4-7,10-11,18,21-23,29H,8-9,12-13H2,1-3H3. The van der Waals surface area contributed by atoms with Crippen LogP contribution in [0, 0.1) is 16.7 Å². The Morgan fingerprint density at radius 2 is 2.00 bits per heavy atom. The largest absolute Gasteiger partial charge is 0.496 e. The van der Waals surface area contributed by atoms with Crippen molar-refractivity contribution < 1.29 is 14.6 Å². The highest BCUT2D eigenvalue weighted by Crippen LogP contribution is 2.25. The molecule has 1 unspecified atom stereocenters. The van der Waals surface area contributed by atoms with Gasteiger partial charge in [0.15, 0.2) is 6.35 Å². The van der Waals surface area contributed by atoms with Gasteiger partial charge in [0, 0.05) is 24.2 Å². The maximum Gasteiger partial charge on any atom is 0.244 e. The molecular weight excluding hydrogens is 384 g/mol. The molecule has 1 atom stereocenters. The normalized spacial score (nSPS) is 17.9. The van der Waals surface area contributed by atoms with Gasteiger partial charge >= 0.3 is 0 Å². The Morgan fingerprint density at radius 3 is 2.67 bits per heavy atom. The summed E-state index contributed by atoms with van der Waals surface area (Å²) in [5, 5.41) is 30.7. The molecule has 1 amide bonds. The van der Waals surface area contributed by atoms with Crippen molar-refractivity contribution in [3.05, 3.63) is 42.2 Å². The van der Waals surface area contributed by atoms with Gasteiger partial charge in [-0.15, -0.1) is 0 Å². The number of aliphatic hydroxyl groups is 1. The van der Waals surface area contributed by atoms with Crippen molar-refractivity contribution in [2.24, 2.45) is 5.92 Å². The van der Waals surface area contributed by atoms with Crippen molar-refractivity contribution in [2.45, 2.75) is 33.2 Å². The van der Waals surface area contributed by atoms with Crippen LogP contribution in [0.2, 0.25) is 0 Å². The summed E-state index contributed by atoms with van der Waals surface area (Å²) in [5.41, 5.74) is 2.29. The number of anilines is 1. The van der Waals surface area contributed by atoms with Crippen LogP contribution in [0.15, 0.2) is 36.7 Å². The van der Waals surface area contributed by atoms with Crippen LogP contribution in [0.5, 0.6) is 5.75 Å². The molecule has 30 heavy (non-hydrogen) atoms. The summed E-state index contributed by atoms with van der Waals surface area (Å²) in [6, 6.07) is 7.70. The summed E-state index contributed by atoms with van der Waals surface area (Å²) in [4.78, 5) is 15.6. The molecule has 0 spiro atoms. The molecule has 1 fully saturated rings. The van der Waals surface area contributed by atoms with E-state index in [-0.39, 0.29) is 18.4 Å². The van der Waals surface area contributed by atoms with Crippen LogP contribution in [0.3, 0.4) is 0 Å². The summed E-state index contributed by atoms with van der Waals surface area (Å²) in [6.07, 6.45) is 2.76. The second-order valence-corrected chi connectivity index (χ2v) is 7.48. The van der Waals surface area contributed by atoms with E-state index in [0.717, 1.165) is 11.3 Å². The molecular formula is C21H28N6O3. The third kappa shape index (κ3) is 4.58. The van der Waals surface area contributed by atoms with Gasteiger partial charge in [-0.25, -0.2) is 0 Å². The highest BCUT2D eigenvalue weighted by Gasteiger charge is 2.38. The lowest BCUT2D eigenvalue weighted by Gasteiger charge is -2.24. The third-order valence-electron chi connectivity index (χ3n) is 5.34. The van der Waals surface area contributed by atoms with Gasteiger partial charge in [-0.3, -0.25) is 19.3 Å². The highest BCUT2D eigenvalue weighted by atomic mass is 16.5. The summed E-state index contributed by atoms with van der Waals surface area (Å²) in [6.45, 7) is 4.30. The fourth-order valence-corrected chi connectivity index (χ4v) is 3.63. The first-order valence-corrected chi connectivity index (χ1v) is 9.80. The number of rotatable bonds is 9. The molecule has 9 nitrogen and oxygen atoms in total. The smallest absolute Gasteiger partial charge is 0.244 e. The summed E-state index contributed by atoms with van der Waals surface area (Å²) < 4.78 is 6.97. The average molecular weight is 412 g/mol. The highest BCUT2D eigenvalue weighted by molar-refractivity contribution is 6.02. The minimum absolute atomic E-state index is 0.114. The lowest BCUT2D eigenvalue weighted by atomic mass is 10.00. The average Bonchev–Trinajstić information content (AvgIpc) is 3.27. The van der Waals surface area contributed by atoms with Crippen LogP contribution in [0.4, 0.5) is 5.69 Å². The fraction of sp³-hybridized carbons (Fsp3) is 0.429. The number of carbonyl (C=O) groups is 1. The second-order valence-electron chi connectivity index (χ2n) is 7.48. The molecule has 3 rings (SSSR count). The Labute approximate surface area is 175 Å². The van der Waals surface area contributed by atoms with E-state index in [0.29, 0.717) is 36.6 Å². The number of aliphatic hydroxyl groups excluding tert-OH is 1. The molecule has 3 N–H and O–H groups in total. The molecule has 1 aliphatic heterocycles. The van der Waals surface area contributed by atoms with Gasteiger partial charge in [-0.2, -0.15) is 5.10 Å². The number of ether oxygens (including phenoxy) is 1. The minimum Gasteiger partial charge on any atom is -0.496 e. The molecule has 1 aromatic heterocycles. The number of para-hydroxylation sites is 1. The zero-order valence-electron chi connectivity index (χ0n) is 17.5. The van der Waals surface area contributed by atoms with E-state index in [1.54, 1.807) is 36.7 Å². The van der Waals surface area contributed by atoms with Gasteiger partial charge in [-0.1, -0.05) is 18.2 Å². The van der Waals surface area contributed by atoms with Crippen LogP contribution >= 0.6 is 0 Å². The Kier molecular flexibility index (Phi) is 6.63. The molecule has 160 valence electrons. The van der Waals surface area contributed by atoms with Gasteiger partial charge in [0.2, 0.25) is 5.91 Å². The van der Waals surface area contributed by atoms with E-state index in [4.69, 9.17) is 15.6 Å². The molecule has 0 saturated carbocycles. The van der Waals surface area contributed by atoms with Gasteiger partial charge in [-0.05, 0) is 31.9 Å². The Balaban J connectivity index is 1.68. The van der Waals surface area contributed by atoms with E-state index in [2.05, 4.69) is 5.10 Å². The van der Waals surface area contributed by atoms with Gasteiger partial charge in [0.25, 0.3) is 0 Å². The predicted octanol–water partition coefficient (Wildman–Crippen LogP) is 1.75. The van der Waals surface area contributed by atoms with Crippen molar-refractivity contribution in [3.63, 3.8) is 0 Å². The number of nitrogens with one attached hydrogen (secondary N) is 2. The van der Waals surface area contributed by atoms with Crippen molar-refractivity contribution in [1.29, 1.82) is 10.8 Å². The number of amides is 1. The van der Waals surface area contributed by atoms with E-state index in [1.807, 2.05) is 24.3 Å². The molecule has 0 bridgehead atoms. The first-order valence-electron chi connectivity index (χ1n) is 9.80. The van der Waals surface area contributed by atoms with Gasteiger partial charge in [0.05, 0.1) is 38.0 Å². The zero-order chi connectivity index (χ0) is 21.8. The maximum absolute atomic E-state index is 12.6. The van der Waals surface area contributed by atoms with Crippen LogP contribution in [-0.2, 0) is 17.8 Å². The van der Waals surface area contributed by atoms with Crippen LogP contribution in [0.25, 0.3) is 0 Å². The van der Waals surface area contributed by atoms with Crippen molar-refractivity contribution in [1.82, 2.24) is 14.7 Å². The number of hydrogen-bond donors (Lipinski definition) is 3. The summed E-state index contributed by atoms with van der Waals surface area (Å²) >= 11 is 0. The van der Waals surface area contributed by atoms with E-state index in [9.17, 15) is 9.90 Å². The van der Waals surface area contributed by atoms with Gasteiger partial charge < -0.3 is 20.7 Å². The molecule has 2 aromatic rings. The zero-order valence-corrected chi connectivity index (χ0v) is 17.5. The van der Waals surface area contributed by atoms with Crippen molar-refractivity contribution in [3.8, 4) is 5.75 Å². The molecule has 1 aliphatic rings. The summed E-state index contributed by atoms with van der Waals surface area (Å²) in [5.74, 6) is 0.243. The fourth-order valence-electron chi connectivity index (χ4n) is 3.63. The molecule has 0 radical (unpaired) electrons. The monoisotopic (exact) mass is 412 g/mol. The summed E-state index contributed by atoms with van der Waals surface area (Å²) in [7, 11) is 1.62. The van der Waals surface area contributed by atoms with E-state index >= 15 is 0 Å². The first kappa shape index (κ1) is 21.7. The van der Waals surface area contributed by atoms with Crippen LogP contribution in [-0.4, -0.2) is 63.7 Å². The first-order chi connectivity index (χ1) is 14.3. The maximum atomic E-state index is 12.6. The lowest BCUT2D eigenvalue weighted by Crippen LogP contribution is -2.40. The number of benzene rings is 1. The molecule has 1 aromatic carbocycles. The Morgan fingerprint density at radius 1 is 1.30 bits per heavy atom. The molecule has 1 saturated heterocycles. The van der Waals surface area contributed by atoms with E-state index < -0.39 is 6.35 Å². The molecule has 2 heterocycles. The predicted molar refractivity (Wildman–Crippen MR) is 114 cm³/mol. The Hall–Kier alpha value is -3.04. The van der Waals surface area contributed by atoms with Crippen molar-refractivity contribution >= 4 is 23.0 Å².